The summed E-state index contributed by atoms with van der Waals surface area (Å²) in [5.41, 5.74) is 5.84. The predicted octanol–water partition coefficient (Wildman–Crippen LogP) is 0.449. The quantitative estimate of drug-likeness (QED) is 0.668. The average Bonchev–Trinajstić information content (AvgIpc) is 2.20. The zero-order valence-electron chi connectivity index (χ0n) is 7.37. The number of nitrogens with two attached hydrogens (primary N) is 1. The average molecular weight is 203 g/mol. The lowest BCUT2D eigenvalue weighted by Gasteiger charge is -2.13. The van der Waals surface area contributed by atoms with Crippen molar-refractivity contribution in [2.45, 2.75) is 12.6 Å². The lowest BCUT2D eigenvalue weighted by molar-refractivity contribution is 0.258. The van der Waals surface area contributed by atoms with E-state index in [0.29, 0.717) is 0 Å². The number of hydrogen-bond donors (Lipinski definition) is 3. The van der Waals surface area contributed by atoms with Crippen molar-refractivity contribution in [1.29, 1.82) is 0 Å². The number of rotatable bonds is 3. The Bertz CT molecular complexity index is 331. The van der Waals surface area contributed by atoms with E-state index in [1.807, 2.05) is 0 Å². The fourth-order valence-corrected chi connectivity index (χ4v) is 1.18. The van der Waals surface area contributed by atoms with Crippen LogP contribution in [0.2, 0.25) is 0 Å². The van der Waals surface area contributed by atoms with E-state index in [2.05, 4.69) is 0 Å². The Kier molecular flexibility index (Phi) is 3.51. The molecule has 0 spiro atoms. The van der Waals surface area contributed by atoms with Gasteiger partial charge in [-0.05, 0) is 23.3 Å². The molecule has 1 rings (SSSR count). The van der Waals surface area contributed by atoms with E-state index in [1.165, 1.54) is 0 Å². The van der Waals surface area contributed by atoms with Crippen molar-refractivity contribution >= 4 is 0 Å². The third-order valence-electron chi connectivity index (χ3n) is 1.95. The van der Waals surface area contributed by atoms with Gasteiger partial charge in [0.15, 0.2) is 11.6 Å². The second-order valence-electron chi connectivity index (χ2n) is 2.91. The van der Waals surface area contributed by atoms with Gasteiger partial charge in [-0.15, -0.1) is 0 Å². The van der Waals surface area contributed by atoms with Gasteiger partial charge in [0.2, 0.25) is 0 Å². The third kappa shape index (κ3) is 2.06. The first-order valence-electron chi connectivity index (χ1n) is 4.05. The molecule has 1 aromatic rings. The summed E-state index contributed by atoms with van der Waals surface area (Å²) in [7, 11) is 0. The zero-order chi connectivity index (χ0) is 10.7. The van der Waals surface area contributed by atoms with Crippen LogP contribution in [0, 0.1) is 11.6 Å². The van der Waals surface area contributed by atoms with E-state index in [4.69, 9.17) is 15.9 Å². The molecule has 0 aliphatic rings. The van der Waals surface area contributed by atoms with Gasteiger partial charge in [0, 0.05) is 0 Å². The second kappa shape index (κ2) is 4.45. The van der Waals surface area contributed by atoms with Crippen molar-refractivity contribution in [1.82, 2.24) is 0 Å². The minimum Gasteiger partial charge on any atom is -0.394 e. The van der Waals surface area contributed by atoms with Gasteiger partial charge in [0.05, 0.1) is 19.3 Å². The molecule has 0 aliphatic heterocycles. The van der Waals surface area contributed by atoms with E-state index in [9.17, 15) is 8.78 Å². The molecular weight excluding hydrogens is 192 g/mol. The van der Waals surface area contributed by atoms with Crippen LogP contribution in [0.5, 0.6) is 0 Å². The second-order valence-corrected chi connectivity index (χ2v) is 2.91. The lowest BCUT2D eigenvalue weighted by Crippen LogP contribution is -2.17. The first-order valence-corrected chi connectivity index (χ1v) is 4.05. The van der Waals surface area contributed by atoms with Gasteiger partial charge in [0.1, 0.15) is 0 Å². The fourth-order valence-electron chi connectivity index (χ4n) is 1.18. The maximum absolute atomic E-state index is 12.8. The van der Waals surface area contributed by atoms with Crippen molar-refractivity contribution in [3.8, 4) is 0 Å². The number of aliphatic hydroxyl groups excluding tert-OH is 2. The smallest absolute Gasteiger partial charge is 0.159 e. The van der Waals surface area contributed by atoms with Crippen molar-refractivity contribution < 1.29 is 19.0 Å². The highest BCUT2D eigenvalue weighted by atomic mass is 19.2. The summed E-state index contributed by atoms with van der Waals surface area (Å²) in [6.07, 6.45) is 0. The highest BCUT2D eigenvalue weighted by molar-refractivity contribution is 5.31. The molecule has 14 heavy (non-hydrogen) atoms. The number of benzene rings is 1. The van der Waals surface area contributed by atoms with Gasteiger partial charge in [-0.1, -0.05) is 0 Å². The summed E-state index contributed by atoms with van der Waals surface area (Å²) < 4.78 is 25.5. The van der Waals surface area contributed by atoms with Gasteiger partial charge in [-0.2, -0.15) is 0 Å². The molecule has 5 heteroatoms. The largest absolute Gasteiger partial charge is 0.394 e. The molecule has 1 atom stereocenters. The first-order chi connectivity index (χ1) is 6.60. The highest BCUT2D eigenvalue weighted by Crippen LogP contribution is 2.20. The molecule has 0 saturated carbocycles. The Morgan fingerprint density at radius 1 is 1.21 bits per heavy atom. The molecule has 4 N–H and O–H groups in total. The van der Waals surface area contributed by atoms with Crippen LogP contribution in [-0.2, 0) is 6.61 Å². The van der Waals surface area contributed by atoms with Crippen LogP contribution in [0.15, 0.2) is 12.1 Å². The van der Waals surface area contributed by atoms with Crippen molar-refractivity contribution in [3.05, 3.63) is 34.9 Å². The molecule has 1 unspecified atom stereocenters. The minimum atomic E-state index is -1.04. The van der Waals surface area contributed by atoms with Gasteiger partial charge >= 0.3 is 0 Å². The molecule has 0 radical (unpaired) electrons. The molecular formula is C9H11F2NO2. The SMILES string of the molecule is NC(CO)c1cc(F)c(F)cc1CO. The van der Waals surface area contributed by atoms with Gasteiger partial charge in [-0.3, -0.25) is 0 Å². The molecule has 0 heterocycles. The van der Waals surface area contributed by atoms with Crippen LogP contribution in [0.4, 0.5) is 8.78 Å². The Balaban J connectivity index is 3.19. The van der Waals surface area contributed by atoms with Crippen LogP contribution in [0.3, 0.4) is 0 Å². The molecule has 0 fully saturated rings. The van der Waals surface area contributed by atoms with Crippen LogP contribution in [-0.4, -0.2) is 16.8 Å². The van der Waals surface area contributed by atoms with Gasteiger partial charge in [-0.25, -0.2) is 8.78 Å². The first kappa shape index (κ1) is 11.0. The molecule has 0 bridgehead atoms. The highest BCUT2D eigenvalue weighted by Gasteiger charge is 2.14. The molecule has 0 saturated heterocycles. The van der Waals surface area contributed by atoms with E-state index in [-0.39, 0.29) is 11.1 Å². The molecule has 1 aromatic carbocycles. The predicted molar refractivity (Wildman–Crippen MR) is 46.3 cm³/mol. The molecule has 0 amide bonds. The summed E-state index contributed by atoms with van der Waals surface area (Å²) in [5.74, 6) is -2.08. The van der Waals surface area contributed by atoms with Crippen LogP contribution < -0.4 is 5.73 Å². The Labute approximate surface area is 79.8 Å². The van der Waals surface area contributed by atoms with Gasteiger partial charge < -0.3 is 15.9 Å². The summed E-state index contributed by atoms with van der Waals surface area (Å²) in [5, 5.41) is 17.6. The maximum atomic E-state index is 12.8. The van der Waals surface area contributed by atoms with Crippen molar-refractivity contribution in [3.63, 3.8) is 0 Å². The van der Waals surface area contributed by atoms with E-state index < -0.39 is 30.9 Å². The Hall–Kier alpha value is -1.04. The van der Waals surface area contributed by atoms with E-state index in [0.717, 1.165) is 12.1 Å². The number of hydrogen-bond acceptors (Lipinski definition) is 3. The summed E-state index contributed by atoms with van der Waals surface area (Å²) in [4.78, 5) is 0. The maximum Gasteiger partial charge on any atom is 0.159 e. The molecule has 0 aromatic heterocycles. The molecule has 78 valence electrons. The summed E-state index contributed by atoms with van der Waals surface area (Å²) in [6, 6.07) is 0.953. The number of aliphatic hydroxyl groups is 2. The molecule has 3 nitrogen and oxygen atoms in total. The molecule has 0 aliphatic carbocycles. The summed E-state index contributed by atoms with van der Waals surface area (Å²) >= 11 is 0. The standard InChI is InChI=1S/C9H11F2NO2/c10-7-1-5(3-13)6(2-8(7)11)9(12)4-14/h1-2,9,13-14H,3-4,12H2. The topological polar surface area (TPSA) is 66.5 Å². The monoisotopic (exact) mass is 203 g/mol. The normalized spacial score (nSPS) is 12.9. The van der Waals surface area contributed by atoms with Crippen molar-refractivity contribution in [2.24, 2.45) is 5.73 Å². The van der Waals surface area contributed by atoms with E-state index >= 15 is 0 Å². The lowest BCUT2D eigenvalue weighted by atomic mass is 10.0. The number of halogens is 2. The van der Waals surface area contributed by atoms with E-state index in [1.54, 1.807) is 0 Å². The van der Waals surface area contributed by atoms with Crippen molar-refractivity contribution in [2.75, 3.05) is 6.61 Å². The fraction of sp³-hybridized carbons (Fsp3) is 0.333. The van der Waals surface area contributed by atoms with Crippen LogP contribution in [0.25, 0.3) is 0 Å². The third-order valence-corrected chi connectivity index (χ3v) is 1.95. The van der Waals surface area contributed by atoms with Crippen LogP contribution >= 0.6 is 0 Å². The zero-order valence-corrected chi connectivity index (χ0v) is 7.37. The van der Waals surface area contributed by atoms with Gasteiger partial charge in [0.25, 0.3) is 0 Å². The summed E-state index contributed by atoms with van der Waals surface area (Å²) in [6.45, 7) is -0.835. The Morgan fingerprint density at radius 2 is 1.79 bits per heavy atom. The van der Waals surface area contributed by atoms with Crippen LogP contribution in [0.1, 0.15) is 17.2 Å². The Morgan fingerprint density at radius 3 is 2.29 bits per heavy atom. The minimum absolute atomic E-state index is 0.186.